The first-order valence-electron chi connectivity index (χ1n) is 16.6. The van der Waals surface area contributed by atoms with Crippen LogP contribution >= 0.6 is 24.0 Å². The fraction of sp³-hybridized carbons (Fsp3) is 0.282. The largest absolute Gasteiger partial charge is 0.472 e. The van der Waals surface area contributed by atoms with E-state index in [1.165, 1.54) is 18.3 Å². The molecule has 296 valence electrons. The van der Waals surface area contributed by atoms with E-state index in [0.29, 0.717) is 31.3 Å². The topological polar surface area (TPSA) is 223 Å². The lowest BCUT2D eigenvalue weighted by molar-refractivity contribution is -0.384. The standard InChI is InChI=1S/C19H18N4O3.C10H14N4O2.C9H6O2.CH4.HI.H3N/c1-15-14-21(18(24)10-9-16-6-3-2-4-7-16)12-13-22(15)19-17(23(25)26)8-5-11-20-19;1-8-7-11-5-6-13(8)10-9(14(15)16)3-2-4-12-10;10-9(11)7-6-8-4-2-1-3-5-8;;;/h2-8,11,15H,12-14H2,1H3;2-4,8,11H,5-7H2,1H3;1-5H,(H,10,11);1H4;1H;1H3. The van der Waals surface area contributed by atoms with Gasteiger partial charge in [-0.25, -0.2) is 14.8 Å². The van der Waals surface area contributed by atoms with E-state index in [1.807, 2.05) is 78.1 Å². The first-order chi connectivity index (χ1) is 25.5. The van der Waals surface area contributed by atoms with E-state index < -0.39 is 10.9 Å². The maximum Gasteiger partial charge on any atom is 0.382 e. The smallest absolute Gasteiger partial charge is 0.382 e. The lowest BCUT2D eigenvalue weighted by Crippen LogP contribution is -2.54. The molecule has 1 amide bonds. The zero-order chi connectivity index (χ0) is 38.2. The van der Waals surface area contributed by atoms with E-state index in [2.05, 4.69) is 33.0 Å². The third-order valence-electron chi connectivity index (χ3n) is 8.06. The molecule has 0 bridgehead atoms. The molecule has 6 rings (SSSR count). The van der Waals surface area contributed by atoms with Crippen molar-refractivity contribution < 1.29 is 24.5 Å². The number of hydrogen-bond acceptors (Lipinski definition) is 12. The number of carbonyl (C=O) groups excluding carboxylic acids is 1. The molecule has 0 saturated carbocycles. The molecule has 0 spiro atoms. The Morgan fingerprint density at radius 1 is 0.750 bits per heavy atom. The van der Waals surface area contributed by atoms with Gasteiger partial charge in [-0.05, 0) is 50.2 Å². The number of hydrogen-bond donors (Lipinski definition) is 3. The van der Waals surface area contributed by atoms with Gasteiger partial charge in [0, 0.05) is 98.8 Å². The molecule has 2 saturated heterocycles. The summed E-state index contributed by atoms with van der Waals surface area (Å²) >= 11 is 0. The van der Waals surface area contributed by atoms with Gasteiger partial charge in [0.25, 0.3) is 5.91 Å². The Bertz CT molecular complexity index is 2020. The van der Waals surface area contributed by atoms with E-state index in [-0.39, 0.29) is 71.8 Å². The van der Waals surface area contributed by atoms with E-state index >= 15 is 0 Å². The second-order valence-electron chi connectivity index (χ2n) is 11.8. The van der Waals surface area contributed by atoms with Crippen LogP contribution in [-0.2, 0) is 9.59 Å². The molecule has 2 aliphatic rings. The monoisotopic (exact) mass is 879 g/mol. The Morgan fingerprint density at radius 3 is 1.68 bits per heavy atom. The number of carbonyl (C=O) groups is 2. The van der Waals surface area contributed by atoms with Crippen LogP contribution in [0.3, 0.4) is 0 Å². The van der Waals surface area contributed by atoms with Gasteiger partial charge in [0.15, 0.2) is 0 Å². The summed E-state index contributed by atoms with van der Waals surface area (Å²) in [6.45, 7) is 7.71. The SMILES string of the molecule is C.CC1CN(C(=O)C#Cc2ccccc2)CCN1c1ncccc1[N+](=O)[O-].CC1CNCCN1c1ncccc1[N+](=O)[O-].I.N.O=C(O)C#Cc1ccccc1. The van der Waals surface area contributed by atoms with Crippen LogP contribution in [-0.4, -0.2) is 93.0 Å². The minimum absolute atomic E-state index is 0. The molecule has 2 atom stereocenters. The van der Waals surface area contributed by atoms with E-state index in [1.54, 1.807) is 35.4 Å². The van der Waals surface area contributed by atoms with Crippen molar-refractivity contribution in [1.29, 1.82) is 0 Å². The minimum Gasteiger partial charge on any atom is -0.472 e. The zero-order valence-electron chi connectivity index (χ0n) is 30.3. The number of aliphatic carboxylic acids is 1. The molecule has 2 aliphatic heterocycles. The molecule has 5 N–H and O–H groups in total. The number of aromatic nitrogens is 2. The Balaban J connectivity index is 0.000000449. The van der Waals surface area contributed by atoms with Crippen molar-refractivity contribution in [2.75, 3.05) is 49.1 Å². The normalized spacial score (nSPS) is 15.2. The number of pyridine rings is 2. The summed E-state index contributed by atoms with van der Waals surface area (Å²) in [4.78, 5) is 57.5. The second-order valence-corrected chi connectivity index (χ2v) is 11.8. The number of halogens is 1. The number of nitrogens with one attached hydrogen (secondary N) is 1. The first kappa shape index (κ1) is 47.9. The van der Waals surface area contributed by atoms with E-state index in [4.69, 9.17) is 5.11 Å². The van der Waals surface area contributed by atoms with Crippen LogP contribution in [0.1, 0.15) is 32.4 Å². The maximum absolute atomic E-state index is 12.3. The average molecular weight is 880 g/mol. The molecule has 4 aromatic rings. The molecule has 56 heavy (non-hydrogen) atoms. The fourth-order valence-corrected chi connectivity index (χ4v) is 5.49. The summed E-state index contributed by atoms with van der Waals surface area (Å²) in [5.41, 5.74) is 1.56. The molecule has 4 heterocycles. The Labute approximate surface area is 343 Å². The fourth-order valence-electron chi connectivity index (χ4n) is 5.49. The summed E-state index contributed by atoms with van der Waals surface area (Å²) in [6, 6.07) is 24.5. The van der Waals surface area contributed by atoms with E-state index in [9.17, 15) is 29.8 Å². The summed E-state index contributed by atoms with van der Waals surface area (Å²) in [6.07, 6.45) is 3.13. The van der Waals surface area contributed by atoms with Gasteiger partial charge in [-0.1, -0.05) is 55.7 Å². The van der Waals surface area contributed by atoms with Crippen molar-refractivity contribution in [1.82, 2.24) is 26.3 Å². The molecule has 2 aromatic carbocycles. The predicted octanol–water partition coefficient (Wildman–Crippen LogP) is 5.41. The van der Waals surface area contributed by atoms with Gasteiger partial charge < -0.3 is 31.3 Å². The van der Waals surface area contributed by atoms with E-state index in [0.717, 1.165) is 30.8 Å². The van der Waals surface area contributed by atoms with Gasteiger partial charge in [-0.15, -0.1) is 24.0 Å². The second kappa shape index (κ2) is 24.3. The van der Waals surface area contributed by atoms with Crippen molar-refractivity contribution in [2.24, 2.45) is 0 Å². The van der Waals surface area contributed by atoms with Crippen LogP contribution in [0, 0.1) is 43.9 Å². The highest BCUT2D eigenvalue weighted by Crippen LogP contribution is 2.28. The third-order valence-corrected chi connectivity index (χ3v) is 8.06. The van der Waals surface area contributed by atoms with Crippen LogP contribution in [0.4, 0.5) is 23.0 Å². The lowest BCUT2D eigenvalue weighted by Gasteiger charge is -2.39. The predicted molar refractivity (Wildman–Crippen MR) is 226 cm³/mol. The number of amides is 1. The molecule has 17 heteroatoms. The minimum atomic E-state index is -1.10. The molecule has 2 aromatic heterocycles. The van der Waals surface area contributed by atoms with Gasteiger partial charge in [-0.2, -0.15) is 0 Å². The molecule has 0 aliphatic carbocycles. The van der Waals surface area contributed by atoms with Crippen molar-refractivity contribution in [2.45, 2.75) is 33.4 Å². The van der Waals surface area contributed by atoms with Gasteiger partial charge >= 0.3 is 17.3 Å². The number of carboxylic acids is 1. The average Bonchev–Trinajstić information content (AvgIpc) is 3.17. The number of anilines is 2. The summed E-state index contributed by atoms with van der Waals surface area (Å²) < 4.78 is 0. The Kier molecular flexibility index (Phi) is 20.8. The highest BCUT2D eigenvalue weighted by molar-refractivity contribution is 14.0. The molecular formula is C39H46IN9O7. The molecule has 16 nitrogen and oxygen atoms in total. The molecular weight excluding hydrogens is 833 g/mol. The lowest BCUT2D eigenvalue weighted by atomic mass is 10.1. The van der Waals surface area contributed by atoms with Gasteiger partial charge in [0.1, 0.15) is 0 Å². The van der Waals surface area contributed by atoms with Crippen molar-refractivity contribution in [3.05, 3.63) is 129 Å². The van der Waals surface area contributed by atoms with Crippen LogP contribution in [0.15, 0.2) is 97.3 Å². The summed E-state index contributed by atoms with van der Waals surface area (Å²) in [7, 11) is 0. The molecule has 2 fully saturated rings. The zero-order valence-corrected chi connectivity index (χ0v) is 32.6. The van der Waals surface area contributed by atoms with Crippen molar-refractivity contribution >= 4 is 58.9 Å². The number of nitro groups is 2. The number of piperazine rings is 2. The van der Waals surface area contributed by atoms with Crippen molar-refractivity contribution in [3.63, 3.8) is 0 Å². The van der Waals surface area contributed by atoms with Gasteiger partial charge in [0.2, 0.25) is 11.6 Å². The number of carboxylic acid groups (broad SMARTS) is 1. The number of rotatable bonds is 4. The highest BCUT2D eigenvalue weighted by Gasteiger charge is 2.31. The van der Waals surface area contributed by atoms with Crippen LogP contribution in [0.25, 0.3) is 0 Å². The molecule has 2 unspecified atom stereocenters. The van der Waals surface area contributed by atoms with Crippen molar-refractivity contribution in [3.8, 4) is 23.7 Å². The first-order valence-corrected chi connectivity index (χ1v) is 16.6. The Hall–Kier alpha value is -6.15. The van der Waals surface area contributed by atoms with Crippen LogP contribution in [0.2, 0.25) is 0 Å². The molecule has 0 radical (unpaired) electrons. The highest BCUT2D eigenvalue weighted by atomic mass is 127. The van der Waals surface area contributed by atoms with Crippen LogP contribution in [0.5, 0.6) is 0 Å². The maximum atomic E-state index is 12.3. The summed E-state index contributed by atoms with van der Waals surface area (Å²) in [5, 5.41) is 33.6. The summed E-state index contributed by atoms with van der Waals surface area (Å²) in [5.74, 6) is 9.53. The van der Waals surface area contributed by atoms with Gasteiger partial charge in [0.05, 0.1) is 9.85 Å². The Morgan fingerprint density at radius 2 is 1.23 bits per heavy atom. The quantitative estimate of drug-likeness (QED) is 0.101. The number of benzene rings is 2. The van der Waals surface area contributed by atoms with Crippen LogP contribution < -0.4 is 21.3 Å². The third kappa shape index (κ3) is 14.3. The number of nitrogens with zero attached hydrogens (tertiary/aromatic N) is 7. The van der Waals surface area contributed by atoms with Gasteiger partial charge in [-0.3, -0.25) is 25.0 Å².